The number of aliphatic hydroxyl groups is 1. The zero-order valence-corrected chi connectivity index (χ0v) is 11.6. The zero-order valence-electron chi connectivity index (χ0n) is 11.6. The van der Waals surface area contributed by atoms with E-state index in [2.05, 4.69) is 4.98 Å². The molecule has 0 saturated carbocycles. The Kier molecular flexibility index (Phi) is 3.39. The van der Waals surface area contributed by atoms with E-state index in [4.69, 9.17) is 4.74 Å². The fourth-order valence-corrected chi connectivity index (χ4v) is 2.70. The molecule has 1 aromatic heterocycles. The van der Waals surface area contributed by atoms with E-state index in [-0.39, 0.29) is 5.69 Å². The molecule has 1 aliphatic rings. The first-order chi connectivity index (χ1) is 10.1. The molecule has 0 bridgehead atoms. The van der Waals surface area contributed by atoms with Crippen LogP contribution in [-0.2, 0) is 13.0 Å². The highest BCUT2D eigenvalue weighted by Crippen LogP contribution is 2.29. The fourth-order valence-electron chi connectivity index (χ4n) is 2.70. The molecule has 0 amide bonds. The van der Waals surface area contributed by atoms with Crippen molar-refractivity contribution in [1.82, 2.24) is 9.55 Å². The molecule has 3 rings (SSSR count). The minimum atomic E-state index is -1.04. The molecule has 0 aliphatic carbocycles. The number of benzene rings is 1. The van der Waals surface area contributed by atoms with E-state index < -0.39 is 12.1 Å². The van der Waals surface area contributed by atoms with Crippen LogP contribution in [0, 0.1) is 0 Å². The molecule has 2 heterocycles. The Bertz CT molecular complexity index is 693. The number of ether oxygens (including phenoxy) is 1. The van der Waals surface area contributed by atoms with Crippen LogP contribution >= 0.6 is 0 Å². The zero-order chi connectivity index (χ0) is 15.0. The van der Waals surface area contributed by atoms with E-state index in [0.717, 1.165) is 5.56 Å². The van der Waals surface area contributed by atoms with Crippen molar-refractivity contribution >= 4 is 5.97 Å². The van der Waals surface area contributed by atoms with Crippen LogP contribution in [0.2, 0.25) is 0 Å². The number of fused-ring (bicyclic) bond motifs is 1. The monoisotopic (exact) mass is 288 g/mol. The number of carbonyl (C=O) groups is 1. The number of hydrogen-bond donors (Lipinski definition) is 2. The predicted octanol–water partition coefficient (Wildman–Crippen LogP) is 1.56. The number of rotatable bonds is 3. The van der Waals surface area contributed by atoms with Crippen molar-refractivity contribution in [3.63, 3.8) is 0 Å². The van der Waals surface area contributed by atoms with Gasteiger partial charge in [0.1, 0.15) is 11.6 Å². The molecule has 1 atom stereocenters. The second-order valence-electron chi connectivity index (χ2n) is 5.07. The number of nitrogens with zero attached hydrogens (tertiary/aromatic N) is 2. The predicted molar refractivity (Wildman–Crippen MR) is 75.5 cm³/mol. The molecule has 1 aliphatic heterocycles. The van der Waals surface area contributed by atoms with E-state index >= 15 is 0 Å². The largest absolute Gasteiger partial charge is 0.497 e. The van der Waals surface area contributed by atoms with Gasteiger partial charge in [-0.2, -0.15) is 0 Å². The molecular formula is C15H16N2O4. The first-order valence-electron chi connectivity index (χ1n) is 6.75. The third-order valence-corrected chi connectivity index (χ3v) is 3.71. The van der Waals surface area contributed by atoms with Gasteiger partial charge < -0.3 is 19.5 Å². The molecule has 0 radical (unpaired) electrons. The average Bonchev–Trinajstić information content (AvgIpc) is 2.86. The van der Waals surface area contributed by atoms with E-state index in [9.17, 15) is 15.0 Å². The second-order valence-corrected chi connectivity index (χ2v) is 5.07. The molecule has 21 heavy (non-hydrogen) atoms. The molecule has 1 unspecified atom stereocenters. The highest BCUT2D eigenvalue weighted by Gasteiger charge is 2.27. The topological polar surface area (TPSA) is 84.6 Å². The van der Waals surface area contributed by atoms with Gasteiger partial charge >= 0.3 is 5.97 Å². The lowest BCUT2D eigenvalue weighted by Gasteiger charge is -2.21. The van der Waals surface area contributed by atoms with Crippen molar-refractivity contribution in [2.24, 2.45) is 0 Å². The van der Waals surface area contributed by atoms with Crippen molar-refractivity contribution in [3.05, 3.63) is 35.7 Å². The van der Waals surface area contributed by atoms with Crippen LogP contribution in [-0.4, -0.2) is 38.9 Å². The molecule has 2 N–H and O–H groups in total. The highest BCUT2D eigenvalue weighted by atomic mass is 16.5. The van der Waals surface area contributed by atoms with E-state index in [0.29, 0.717) is 36.7 Å². The number of carboxylic acid groups (broad SMARTS) is 1. The Morgan fingerprint density at radius 2 is 2.29 bits per heavy atom. The van der Waals surface area contributed by atoms with Gasteiger partial charge in [0.05, 0.1) is 25.5 Å². The van der Waals surface area contributed by atoms with E-state index in [1.807, 2.05) is 24.3 Å². The minimum Gasteiger partial charge on any atom is -0.497 e. The van der Waals surface area contributed by atoms with Gasteiger partial charge in [-0.25, -0.2) is 9.78 Å². The highest BCUT2D eigenvalue weighted by molar-refractivity contribution is 5.88. The summed E-state index contributed by atoms with van der Waals surface area (Å²) in [6, 6.07) is 7.30. The van der Waals surface area contributed by atoms with Gasteiger partial charge in [-0.15, -0.1) is 0 Å². The second kappa shape index (κ2) is 5.21. The summed E-state index contributed by atoms with van der Waals surface area (Å²) in [7, 11) is 1.58. The van der Waals surface area contributed by atoms with Crippen molar-refractivity contribution in [2.45, 2.75) is 25.5 Å². The lowest BCUT2D eigenvalue weighted by atomic mass is 10.1. The van der Waals surface area contributed by atoms with Crippen LogP contribution in [0.25, 0.3) is 11.4 Å². The summed E-state index contributed by atoms with van der Waals surface area (Å²) in [6.07, 6.45) is 0.598. The Morgan fingerprint density at radius 3 is 3.00 bits per heavy atom. The summed E-state index contributed by atoms with van der Waals surface area (Å²) in [6.45, 7) is 0.363. The molecule has 1 aromatic carbocycles. The fraction of sp³-hybridized carbons (Fsp3) is 0.333. The van der Waals surface area contributed by atoms with Gasteiger partial charge in [0, 0.05) is 5.56 Å². The maximum atomic E-state index is 11.4. The lowest BCUT2D eigenvalue weighted by molar-refractivity contribution is 0.0686. The molecule has 6 heteroatoms. The first-order valence-corrected chi connectivity index (χ1v) is 6.75. The molecule has 0 fully saturated rings. The Balaban J connectivity index is 2.15. The standard InChI is InChI=1S/C15H16N2O4/c1-21-11-4-2-3-9(7-11)14-16-13(15(19)20)12-6-5-10(18)8-17(12)14/h2-4,7,10,18H,5-6,8H2,1H3,(H,19,20). The van der Waals surface area contributed by atoms with Gasteiger partial charge in [-0.05, 0) is 25.0 Å². The smallest absolute Gasteiger partial charge is 0.356 e. The average molecular weight is 288 g/mol. The molecule has 110 valence electrons. The van der Waals surface area contributed by atoms with Crippen LogP contribution in [0.1, 0.15) is 22.6 Å². The number of aliphatic hydroxyl groups excluding tert-OH is 1. The van der Waals surface area contributed by atoms with E-state index in [1.165, 1.54) is 0 Å². The number of carboxylic acids is 1. The molecule has 0 spiro atoms. The Hall–Kier alpha value is -2.34. The van der Waals surface area contributed by atoms with Gasteiger partial charge in [0.25, 0.3) is 0 Å². The number of methoxy groups -OCH3 is 1. The number of aromatic carboxylic acids is 1. The number of aromatic nitrogens is 2. The minimum absolute atomic E-state index is 0.0692. The Morgan fingerprint density at radius 1 is 1.48 bits per heavy atom. The first kappa shape index (κ1) is 13.6. The van der Waals surface area contributed by atoms with Crippen LogP contribution in [0.4, 0.5) is 0 Å². The van der Waals surface area contributed by atoms with Crippen LogP contribution in [0.3, 0.4) is 0 Å². The van der Waals surface area contributed by atoms with Gasteiger partial charge in [0.15, 0.2) is 5.69 Å². The maximum absolute atomic E-state index is 11.4. The van der Waals surface area contributed by atoms with Gasteiger partial charge in [-0.3, -0.25) is 0 Å². The summed E-state index contributed by atoms with van der Waals surface area (Å²) in [5.41, 5.74) is 1.52. The van der Waals surface area contributed by atoms with Crippen molar-refractivity contribution in [2.75, 3.05) is 7.11 Å². The van der Waals surface area contributed by atoms with Crippen LogP contribution in [0.15, 0.2) is 24.3 Å². The molecule has 0 saturated heterocycles. The third-order valence-electron chi connectivity index (χ3n) is 3.71. The summed E-state index contributed by atoms with van der Waals surface area (Å²) in [5, 5.41) is 19.2. The number of imidazole rings is 1. The summed E-state index contributed by atoms with van der Waals surface area (Å²) >= 11 is 0. The summed E-state index contributed by atoms with van der Waals surface area (Å²) in [4.78, 5) is 15.6. The summed E-state index contributed by atoms with van der Waals surface area (Å²) < 4.78 is 6.99. The molecular weight excluding hydrogens is 272 g/mol. The van der Waals surface area contributed by atoms with Crippen LogP contribution < -0.4 is 4.74 Å². The Labute approximate surface area is 121 Å². The summed E-state index contributed by atoms with van der Waals surface area (Å²) in [5.74, 6) is 0.197. The van der Waals surface area contributed by atoms with Crippen molar-refractivity contribution in [1.29, 1.82) is 0 Å². The van der Waals surface area contributed by atoms with Crippen LogP contribution in [0.5, 0.6) is 5.75 Å². The van der Waals surface area contributed by atoms with Crippen molar-refractivity contribution < 1.29 is 19.7 Å². The maximum Gasteiger partial charge on any atom is 0.356 e. The van der Waals surface area contributed by atoms with Crippen molar-refractivity contribution in [3.8, 4) is 17.1 Å². The molecule has 6 nitrogen and oxygen atoms in total. The molecule has 2 aromatic rings. The van der Waals surface area contributed by atoms with E-state index in [1.54, 1.807) is 11.7 Å². The SMILES string of the molecule is COc1cccc(-c2nc(C(=O)O)c3n2CC(O)CC3)c1. The van der Waals surface area contributed by atoms with Gasteiger partial charge in [-0.1, -0.05) is 12.1 Å². The number of hydrogen-bond acceptors (Lipinski definition) is 4. The third kappa shape index (κ3) is 2.38. The quantitative estimate of drug-likeness (QED) is 0.895. The normalized spacial score (nSPS) is 17.3. The lowest BCUT2D eigenvalue weighted by Crippen LogP contribution is -2.25. The van der Waals surface area contributed by atoms with Gasteiger partial charge in [0.2, 0.25) is 0 Å².